The highest BCUT2D eigenvalue weighted by atomic mass is 19.1. The molecule has 0 unspecified atom stereocenters. The van der Waals surface area contributed by atoms with E-state index >= 15 is 0 Å². The van der Waals surface area contributed by atoms with Crippen LogP contribution >= 0.6 is 0 Å². The van der Waals surface area contributed by atoms with Crippen LogP contribution in [0.5, 0.6) is 0 Å². The predicted molar refractivity (Wildman–Crippen MR) is 127 cm³/mol. The summed E-state index contributed by atoms with van der Waals surface area (Å²) in [6.45, 7) is 1.13. The topological polar surface area (TPSA) is 98.9 Å². The van der Waals surface area contributed by atoms with Gasteiger partial charge in [-0.25, -0.2) is 8.78 Å². The number of carbonyl (C=O) groups is 2. The third-order valence-electron chi connectivity index (χ3n) is 6.31. The number of aromatic nitrogens is 1. The number of aliphatic carboxylic acids is 1. The average molecular weight is 493 g/mol. The summed E-state index contributed by atoms with van der Waals surface area (Å²) in [4.78, 5) is 28.8. The minimum atomic E-state index is -0.944. The zero-order valence-electron chi connectivity index (χ0n) is 20.5. The number of piperidine rings is 1. The second-order valence-electron chi connectivity index (χ2n) is 9.64. The van der Waals surface area contributed by atoms with Crippen molar-refractivity contribution in [1.29, 1.82) is 0 Å². The summed E-state index contributed by atoms with van der Waals surface area (Å²) in [6.07, 6.45) is 6.27. The molecular formula is C25H34F2N4O4. The molecule has 1 amide bonds. The lowest BCUT2D eigenvalue weighted by Crippen LogP contribution is -2.56. The lowest BCUT2D eigenvalue weighted by Gasteiger charge is -2.42. The van der Waals surface area contributed by atoms with Crippen LogP contribution in [-0.2, 0) is 4.79 Å². The van der Waals surface area contributed by atoms with E-state index in [9.17, 15) is 23.5 Å². The van der Waals surface area contributed by atoms with Crippen LogP contribution in [0, 0.1) is 17.6 Å². The monoisotopic (exact) mass is 492 g/mol. The van der Waals surface area contributed by atoms with E-state index < -0.39 is 35.5 Å². The molecule has 4 rings (SSSR count). The summed E-state index contributed by atoms with van der Waals surface area (Å²) < 4.78 is 32.1. The molecular weight excluding hydrogens is 458 g/mol. The van der Waals surface area contributed by atoms with E-state index in [1.54, 1.807) is 0 Å². The van der Waals surface area contributed by atoms with Crippen LogP contribution in [0.2, 0.25) is 0 Å². The summed E-state index contributed by atoms with van der Waals surface area (Å²) in [5.41, 5.74) is -0.102. The van der Waals surface area contributed by atoms with E-state index in [0.717, 1.165) is 31.5 Å². The van der Waals surface area contributed by atoms with Gasteiger partial charge in [-0.1, -0.05) is 24.4 Å². The first-order chi connectivity index (χ1) is 16.7. The number of carboxylic acid groups (broad SMARTS) is 1. The Bertz CT molecular complexity index is 1000. The Morgan fingerprint density at radius 1 is 1.11 bits per heavy atom. The number of rotatable bonds is 5. The van der Waals surface area contributed by atoms with Gasteiger partial charge < -0.3 is 19.8 Å². The van der Waals surface area contributed by atoms with Crippen molar-refractivity contribution in [3.63, 3.8) is 0 Å². The van der Waals surface area contributed by atoms with Gasteiger partial charge in [0.25, 0.3) is 5.91 Å². The molecule has 2 N–H and O–H groups in total. The quantitative estimate of drug-likeness (QED) is 0.658. The van der Waals surface area contributed by atoms with E-state index in [1.165, 1.54) is 31.4 Å². The first kappa shape index (κ1) is 26.7. The third kappa shape index (κ3) is 7.32. The minimum absolute atomic E-state index is 0.00967. The molecule has 1 saturated carbocycles. The molecule has 1 saturated heterocycles. The molecule has 0 radical (unpaired) electrons. The van der Waals surface area contributed by atoms with Gasteiger partial charge in [-0.3, -0.25) is 14.5 Å². The molecule has 1 aromatic carbocycles. The van der Waals surface area contributed by atoms with Crippen molar-refractivity contribution in [1.82, 2.24) is 20.3 Å². The fourth-order valence-electron chi connectivity index (χ4n) is 4.62. The van der Waals surface area contributed by atoms with Gasteiger partial charge in [0.05, 0.1) is 11.5 Å². The summed E-state index contributed by atoms with van der Waals surface area (Å²) in [7, 11) is 6.00. The Kier molecular flexibility index (Phi) is 9.33. The number of carboxylic acids is 1. The molecule has 0 bridgehead atoms. The molecule has 0 spiro atoms. The van der Waals surface area contributed by atoms with Crippen molar-refractivity contribution in [2.24, 2.45) is 5.92 Å². The Morgan fingerprint density at radius 2 is 1.80 bits per heavy atom. The van der Waals surface area contributed by atoms with E-state index in [0.29, 0.717) is 19.0 Å². The predicted octanol–water partition coefficient (Wildman–Crippen LogP) is 3.64. The van der Waals surface area contributed by atoms with Crippen LogP contribution in [-0.4, -0.2) is 78.3 Å². The molecule has 2 heterocycles. The molecule has 1 aliphatic heterocycles. The smallest absolute Gasteiger partial charge is 0.309 e. The summed E-state index contributed by atoms with van der Waals surface area (Å²) in [5, 5.41) is 16.2. The Balaban J connectivity index is 0.000000795. The Labute approximate surface area is 204 Å². The largest absolute Gasteiger partial charge is 0.481 e. The van der Waals surface area contributed by atoms with Gasteiger partial charge in [-0.05, 0) is 52.5 Å². The highest BCUT2D eigenvalue weighted by Crippen LogP contribution is 2.28. The standard InChI is InChI=1S/C22H25F2N3O4.C3H9N/c23-13-6-7-15(17(24)10-13)20-11-19(26-31-20)21(28)25-18-8-9-27(12-16(18)22(29)30)14-4-2-1-3-5-14;1-4(2)3/h6-7,10-11,14,16,18H,1-5,8-9,12H2,(H,25,28)(H,29,30);1-3H3/t16-,18-;/m1./s1. The summed E-state index contributed by atoms with van der Waals surface area (Å²) >= 11 is 0. The van der Waals surface area contributed by atoms with Gasteiger partial charge in [-0.15, -0.1) is 0 Å². The van der Waals surface area contributed by atoms with Crippen LogP contribution in [0.4, 0.5) is 8.78 Å². The second-order valence-corrected chi connectivity index (χ2v) is 9.64. The molecule has 10 heteroatoms. The van der Waals surface area contributed by atoms with Crippen LogP contribution in [0.3, 0.4) is 0 Å². The SMILES string of the molecule is CN(C)C.O=C(N[C@@H]1CCN(C2CCCCC2)C[C@H]1C(=O)O)c1cc(-c2ccc(F)cc2F)on1. The first-order valence-corrected chi connectivity index (χ1v) is 12.0. The fourth-order valence-corrected chi connectivity index (χ4v) is 4.62. The minimum Gasteiger partial charge on any atom is -0.481 e. The number of hydrogen-bond acceptors (Lipinski definition) is 6. The zero-order valence-corrected chi connectivity index (χ0v) is 20.5. The van der Waals surface area contributed by atoms with Crippen molar-refractivity contribution < 1.29 is 28.0 Å². The molecule has 1 aromatic heterocycles. The van der Waals surface area contributed by atoms with E-state index in [4.69, 9.17) is 4.52 Å². The maximum atomic E-state index is 14.0. The maximum Gasteiger partial charge on any atom is 0.309 e. The van der Waals surface area contributed by atoms with Crippen LogP contribution in [0.25, 0.3) is 11.3 Å². The molecule has 2 atom stereocenters. The molecule has 192 valence electrons. The number of nitrogens with zero attached hydrogens (tertiary/aromatic N) is 3. The van der Waals surface area contributed by atoms with Gasteiger partial charge in [0.1, 0.15) is 11.6 Å². The van der Waals surface area contributed by atoms with Crippen molar-refractivity contribution >= 4 is 11.9 Å². The lowest BCUT2D eigenvalue weighted by atomic mass is 9.87. The van der Waals surface area contributed by atoms with Crippen LogP contribution in [0.1, 0.15) is 49.0 Å². The molecule has 2 fully saturated rings. The van der Waals surface area contributed by atoms with Gasteiger partial charge in [0.2, 0.25) is 0 Å². The van der Waals surface area contributed by atoms with Crippen molar-refractivity contribution in [3.8, 4) is 11.3 Å². The first-order valence-electron chi connectivity index (χ1n) is 12.0. The normalized spacial score (nSPS) is 21.3. The average Bonchev–Trinajstić information content (AvgIpc) is 3.29. The van der Waals surface area contributed by atoms with Crippen LogP contribution < -0.4 is 5.32 Å². The third-order valence-corrected chi connectivity index (χ3v) is 6.31. The number of halogens is 2. The Morgan fingerprint density at radius 3 is 2.43 bits per heavy atom. The van der Waals surface area contributed by atoms with E-state index in [1.807, 2.05) is 26.0 Å². The van der Waals surface area contributed by atoms with Gasteiger partial charge in [0, 0.05) is 37.3 Å². The number of benzene rings is 1. The number of nitrogens with one attached hydrogen (secondary N) is 1. The van der Waals surface area contributed by atoms with Crippen molar-refractivity contribution in [2.45, 2.75) is 50.6 Å². The van der Waals surface area contributed by atoms with Crippen molar-refractivity contribution in [3.05, 3.63) is 41.6 Å². The van der Waals surface area contributed by atoms with Gasteiger partial charge in [0.15, 0.2) is 11.5 Å². The molecule has 8 nitrogen and oxygen atoms in total. The molecule has 2 aliphatic rings. The molecule has 1 aliphatic carbocycles. The van der Waals surface area contributed by atoms with Crippen molar-refractivity contribution in [2.75, 3.05) is 34.2 Å². The summed E-state index contributed by atoms with van der Waals surface area (Å²) in [5.74, 6) is -3.81. The van der Waals surface area contributed by atoms with Gasteiger partial charge in [-0.2, -0.15) is 0 Å². The number of carbonyl (C=O) groups excluding carboxylic acids is 1. The Hall–Kier alpha value is -2.85. The highest BCUT2D eigenvalue weighted by Gasteiger charge is 2.38. The van der Waals surface area contributed by atoms with Gasteiger partial charge >= 0.3 is 5.97 Å². The fraction of sp³-hybridized carbons (Fsp3) is 0.560. The maximum absolute atomic E-state index is 14.0. The highest BCUT2D eigenvalue weighted by molar-refractivity contribution is 5.93. The van der Waals surface area contributed by atoms with E-state index in [-0.39, 0.29) is 17.0 Å². The number of likely N-dealkylation sites (tertiary alicyclic amines) is 1. The molecule has 2 aromatic rings. The second kappa shape index (κ2) is 12.2. The summed E-state index contributed by atoms with van der Waals surface area (Å²) in [6, 6.07) is 4.14. The number of hydrogen-bond donors (Lipinski definition) is 2. The molecule has 35 heavy (non-hydrogen) atoms. The van der Waals surface area contributed by atoms with E-state index in [2.05, 4.69) is 15.4 Å². The van der Waals surface area contributed by atoms with Crippen LogP contribution in [0.15, 0.2) is 28.8 Å². The lowest BCUT2D eigenvalue weighted by molar-refractivity contribution is -0.145. The zero-order chi connectivity index (χ0) is 25.5. The number of amides is 1.